The van der Waals surface area contributed by atoms with E-state index in [1.165, 1.54) is 11.8 Å². The summed E-state index contributed by atoms with van der Waals surface area (Å²) in [4.78, 5) is 35.5. The van der Waals surface area contributed by atoms with Crippen molar-refractivity contribution in [3.05, 3.63) is 47.3 Å². The molecule has 4 rings (SSSR count). The quantitative estimate of drug-likeness (QED) is 0.396. The number of carbonyl (C=O) groups is 1. The maximum absolute atomic E-state index is 13.1. The highest BCUT2D eigenvalue weighted by Crippen LogP contribution is 2.25. The molecular formula is C21H24N4O3S. The number of nitrogens with one attached hydrogen (secondary N) is 1. The molecule has 0 aliphatic carbocycles. The Morgan fingerprint density at radius 1 is 1.34 bits per heavy atom. The van der Waals surface area contributed by atoms with Gasteiger partial charge in [0.2, 0.25) is 5.91 Å². The molecule has 29 heavy (non-hydrogen) atoms. The van der Waals surface area contributed by atoms with Crippen LogP contribution in [0.4, 0.5) is 0 Å². The zero-order valence-corrected chi connectivity index (χ0v) is 17.4. The second kappa shape index (κ2) is 8.04. The fraction of sp³-hybridized carbons (Fsp3) is 0.381. The first-order valence-corrected chi connectivity index (χ1v) is 10.6. The Morgan fingerprint density at radius 2 is 2.07 bits per heavy atom. The topological polar surface area (TPSA) is 80.2 Å². The van der Waals surface area contributed by atoms with Crippen LogP contribution in [0.25, 0.3) is 21.9 Å². The van der Waals surface area contributed by atoms with Gasteiger partial charge in [-0.25, -0.2) is 4.98 Å². The molecule has 3 aromatic rings. The molecule has 2 atom stereocenters. The lowest BCUT2D eigenvalue weighted by atomic mass is 10.2. The first-order chi connectivity index (χ1) is 14.0. The molecule has 1 aromatic carbocycles. The van der Waals surface area contributed by atoms with Gasteiger partial charge in [0.1, 0.15) is 11.0 Å². The standard InChI is InChI=1S/C21H24N4O3S/c1-4-9-25-20(27)19-18(15-7-5-6-8-16(15)22-19)23-21(25)29-12-17(26)24-10-13(2)28-14(3)11-24/h4-8,13-14,22H,1,9-12H2,2-3H3/t13-,14+. The largest absolute Gasteiger partial charge is 0.372 e. The average molecular weight is 413 g/mol. The van der Waals surface area contributed by atoms with Crippen LogP contribution in [0.2, 0.25) is 0 Å². The Balaban J connectivity index is 1.66. The summed E-state index contributed by atoms with van der Waals surface area (Å²) in [5.41, 5.74) is 1.82. The molecule has 2 aromatic heterocycles. The molecule has 1 aliphatic heterocycles. The molecule has 1 fully saturated rings. The molecule has 1 N–H and O–H groups in total. The van der Waals surface area contributed by atoms with E-state index in [2.05, 4.69) is 11.6 Å². The number of fused-ring (bicyclic) bond motifs is 3. The highest BCUT2D eigenvalue weighted by atomic mass is 32.2. The van der Waals surface area contributed by atoms with E-state index in [-0.39, 0.29) is 29.4 Å². The molecule has 0 saturated carbocycles. The Kier molecular flexibility index (Phi) is 5.47. The summed E-state index contributed by atoms with van der Waals surface area (Å²) in [6, 6.07) is 7.70. The minimum absolute atomic E-state index is 0.0207. The molecule has 0 spiro atoms. The van der Waals surface area contributed by atoms with E-state index in [9.17, 15) is 9.59 Å². The van der Waals surface area contributed by atoms with Gasteiger partial charge in [0.05, 0.1) is 18.0 Å². The third-order valence-corrected chi connectivity index (χ3v) is 5.95. The zero-order valence-electron chi connectivity index (χ0n) is 16.6. The van der Waals surface area contributed by atoms with Crippen molar-refractivity contribution >= 4 is 39.6 Å². The van der Waals surface area contributed by atoms with Crippen LogP contribution in [0.15, 0.2) is 46.9 Å². The molecule has 0 bridgehead atoms. The Morgan fingerprint density at radius 3 is 2.79 bits per heavy atom. The van der Waals surface area contributed by atoms with E-state index >= 15 is 0 Å². The normalized spacial score (nSPS) is 19.7. The minimum atomic E-state index is -0.158. The molecule has 1 amide bonds. The van der Waals surface area contributed by atoms with Crippen molar-refractivity contribution in [2.45, 2.75) is 37.8 Å². The van der Waals surface area contributed by atoms with Crippen molar-refractivity contribution in [2.75, 3.05) is 18.8 Å². The van der Waals surface area contributed by atoms with Crippen molar-refractivity contribution in [2.24, 2.45) is 0 Å². The second-order valence-electron chi connectivity index (χ2n) is 7.34. The molecule has 3 heterocycles. The number of nitrogens with zero attached hydrogens (tertiary/aromatic N) is 3. The third kappa shape index (κ3) is 3.82. The van der Waals surface area contributed by atoms with Gasteiger partial charge in [-0.15, -0.1) is 6.58 Å². The predicted octanol–water partition coefficient (Wildman–Crippen LogP) is 2.79. The minimum Gasteiger partial charge on any atom is -0.372 e. The third-order valence-electron chi connectivity index (χ3n) is 4.98. The smallest absolute Gasteiger partial charge is 0.278 e. The van der Waals surface area contributed by atoms with E-state index in [4.69, 9.17) is 9.72 Å². The van der Waals surface area contributed by atoms with Crippen LogP contribution in [0.3, 0.4) is 0 Å². The number of hydrogen-bond acceptors (Lipinski definition) is 5. The first kappa shape index (κ1) is 19.7. The van der Waals surface area contributed by atoms with Gasteiger partial charge >= 0.3 is 0 Å². The average Bonchev–Trinajstić information content (AvgIpc) is 3.07. The predicted molar refractivity (Wildman–Crippen MR) is 115 cm³/mol. The Bertz CT molecular complexity index is 1130. The summed E-state index contributed by atoms with van der Waals surface area (Å²) in [5, 5.41) is 1.42. The fourth-order valence-corrected chi connectivity index (χ4v) is 4.68. The molecule has 1 aliphatic rings. The van der Waals surface area contributed by atoms with Crippen molar-refractivity contribution in [3.63, 3.8) is 0 Å². The van der Waals surface area contributed by atoms with Crippen molar-refractivity contribution in [1.29, 1.82) is 0 Å². The molecule has 0 radical (unpaired) electrons. The Labute approximate surface area is 172 Å². The van der Waals surface area contributed by atoms with E-state index in [1.807, 2.05) is 43.0 Å². The number of thioether (sulfide) groups is 1. The lowest BCUT2D eigenvalue weighted by Gasteiger charge is -2.35. The number of aromatic nitrogens is 3. The molecule has 1 saturated heterocycles. The molecule has 8 heteroatoms. The van der Waals surface area contributed by atoms with Gasteiger partial charge in [0.25, 0.3) is 5.56 Å². The summed E-state index contributed by atoms with van der Waals surface area (Å²) < 4.78 is 7.27. The maximum Gasteiger partial charge on any atom is 0.278 e. The number of carbonyl (C=O) groups excluding carboxylic acids is 1. The molecule has 152 valence electrons. The number of rotatable bonds is 5. The summed E-state index contributed by atoms with van der Waals surface area (Å²) in [5.74, 6) is 0.243. The second-order valence-corrected chi connectivity index (χ2v) is 8.28. The summed E-state index contributed by atoms with van der Waals surface area (Å²) in [7, 11) is 0. The van der Waals surface area contributed by atoms with Crippen LogP contribution < -0.4 is 5.56 Å². The number of amides is 1. The van der Waals surface area contributed by atoms with Gasteiger partial charge in [-0.3, -0.25) is 14.2 Å². The van der Waals surface area contributed by atoms with E-state index in [1.54, 1.807) is 10.6 Å². The molecule has 0 unspecified atom stereocenters. The van der Waals surface area contributed by atoms with Crippen LogP contribution in [0.5, 0.6) is 0 Å². The maximum atomic E-state index is 13.1. The van der Waals surface area contributed by atoms with E-state index < -0.39 is 0 Å². The number of allylic oxidation sites excluding steroid dienone is 1. The lowest BCUT2D eigenvalue weighted by molar-refractivity contribution is -0.140. The van der Waals surface area contributed by atoms with Gasteiger partial charge in [-0.1, -0.05) is 36.0 Å². The van der Waals surface area contributed by atoms with E-state index in [0.29, 0.717) is 35.8 Å². The van der Waals surface area contributed by atoms with Crippen molar-refractivity contribution < 1.29 is 9.53 Å². The van der Waals surface area contributed by atoms with Crippen LogP contribution in [-0.2, 0) is 16.1 Å². The van der Waals surface area contributed by atoms with Crippen LogP contribution in [0.1, 0.15) is 13.8 Å². The summed E-state index contributed by atoms with van der Waals surface area (Å²) in [6.45, 7) is 9.18. The number of H-pyrrole nitrogens is 1. The number of ether oxygens (including phenoxy) is 1. The van der Waals surface area contributed by atoms with Crippen molar-refractivity contribution in [3.8, 4) is 0 Å². The lowest BCUT2D eigenvalue weighted by Crippen LogP contribution is -2.48. The van der Waals surface area contributed by atoms with Crippen molar-refractivity contribution in [1.82, 2.24) is 19.4 Å². The van der Waals surface area contributed by atoms with Gasteiger partial charge in [-0.2, -0.15) is 0 Å². The fourth-order valence-electron chi connectivity index (χ4n) is 3.78. The van der Waals surface area contributed by atoms with Gasteiger partial charge < -0.3 is 14.6 Å². The highest BCUT2D eigenvalue weighted by molar-refractivity contribution is 7.99. The number of hydrogen-bond donors (Lipinski definition) is 1. The summed E-state index contributed by atoms with van der Waals surface area (Å²) >= 11 is 1.29. The van der Waals surface area contributed by atoms with Gasteiger partial charge in [0, 0.05) is 30.5 Å². The highest BCUT2D eigenvalue weighted by Gasteiger charge is 2.26. The molecule has 7 nitrogen and oxygen atoms in total. The van der Waals surface area contributed by atoms with Crippen LogP contribution >= 0.6 is 11.8 Å². The monoisotopic (exact) mass is 412 g/mol. The number of para-hydroxylation sites is 1. The Hall–Kier alpha value is -2.58. The van der Waals surface area contributed by atoms with Gasteiger partial charge in [0.15, 0.2) is 5.16 Å². The number of morpholine rings is 1. The number of aromatic amines is 1. The SMILES string of the molecule is C=CCn1c(SCC(=O)N2C[C@@H](C)O[C@@H](C)C2)nc2c([nH]c3ccccc32)c1=O. The first-order valence-electron chi connectivity index (χ1n) is 9.66. The van der Waals surface area contributed by atoms with Crippen LogP contribution in [0, 0.1) is 0 Å². The zero-order chi connectivity index (χ0) is 20.5. The summed E-state index contributed by atoms with van der Waals surface area (Å²) in [6.07, 6.45) is 1.70. The van der Waals surface area contributed by atoms with Crippen LogP contribution in [-0.4, -0.2) is 56.4 Å². The number of benzene rings is 1. The molecular weight excluding hydrogens is 388 g/mol. The van der Waals surface area contributed by atoms with E-state index in [0.717, 1.165) is 10.9 Å². The van der Waals surface area contributed by atoms with Gasteiger partial charge in [-0.05, 0) is 19.9 Å².